The smallest absolute Gasteiger partial charge is 0.257 e. The molecule has 0 bridgehead atoms. The Kier molecular flexibility index (Phi) is 6.80. The van der Waals surface area contributed by atoms with Crippen molar-refractivity contribution in [3.8, 4) is 17.0 Å². The van der Waals surface area contributed by atoms with Gasteiger partial charge in [0.15, 0.2) is 5.13 Å². The number of anilines is 1. The molecule has 7 nitrogen and oxygen atoms in total. The molecule has 1 amide bonds. The quantitative estimate of drug-likeness (QED) is 0.487. The Balaban J connectivity index is 1.54. The Morgan fingerprint density at radius 3 is 2.56 bits per heavy atom. The predicted octanol–water partition coefficient (Wildman–Crippen LogP) is 4.95. The van der Waals surface area contributed by atoms with Gasteiger partial charge in [-0.15, -0.1) is 11.3 Å². The molecule has 1 aliphatic rings. The van der Waals surface area contributed by atoms with Gasteiger partial charge in [0.1, 0.15) is 10.6 Å². The van der Waals surface area contributed by atoms with Crippen molar-refractivity contribution < 1.29 is 17.9 Å². The summed E-state index contributed by atoms with van der Waals surface area (Å²) in [6.45, 7) is 0. The molecule has 1 saturated carbocycles. The molecule has 32 heavy (non-hydrogen) atoms. The van der Waals surface area contributed by atoms with E-state index in [1.807, 2.05) is 17.5 Å². The summed E-state index contributed by atoms with van der Waals surface area (Å²) in [5, 5.41) is 5.60. The number of ether oxygens (including phenoxy) is 1. The van der Waals surface area contributed by atoms with Crippen molar-refractivity contribution >= 4 is 44.0 Å². The third kappa shape index (κ3) is 5.12. The van der Waals surface area contributed by atoms with Gasteiger partial charge in [0, 0.05) is 27.6 Å². The van der Waals surface area contributed by atoms with Gasteiger partial charge >= 0.3 is 0 Å². The van der Waals surface area contributed by atoms with Crippen molar-refractivity contribution in [1.82, 2.24) is 9.71 Å². The third-order valence-electron chi connectivity index (χ3n) is 5.26. The molecular weight excluding hydrogens is 470 g/mol. The van der Waals surface area contributed by atoms with E-state index < -0.39 is 15.9 Å². The van der Waals surface area contributed by atoms with Gasteiger partial charge in [-0.25, -0.2) is 18.1 Å². The van der Waals surface area contributed by atoms with Crippen molar-refractivity contribution in [2.24, 2.45) is 0 Å². The molecule has 0 aliphatic heterocycles. The molecule has 2 N–H and O–H groups in total. The molecule has 1 heterocycles. The average molecular weight is 492 g/mol. The van der Waals surface area contributed by atoms with E-state index in [9.17, 15) is 13.2 Å². The van der Waals surface area contributed by atoms with Crippen molar-refractivity contribution in [1.29, 1.82) is 0 Å². The predicted molar refractivity (Wildman–Crippen MR) is 126 cm³/mol. The largest absolute Gasteiger partial charge is 0.495 e. The number of carbonyl (C=O) groups is 1. The SMILES string of the molecule is COc1ccc(C(=O)Nc2nc(-c3ccc(Cl)cc3)cs2)cc1S(=O)(=O)NC1CCCC1. The van der Waals surface area contributed by atoms with E-state index in [0.29, 0.717) is 15.8 Å². The highest BCUT2D eigenvalue weighted by atomic mass is 35.5. The van der Waals surface area contributed by atoms with Crippen molar-refractivity contribution in [3.05, 3.63) is 58.4 Å². The fourth-order valence-corrected chi connectivity index (χ4v) is 5.95. The summed E-state index contributed by atoms with van der Waals surface area (Å²) in [4.78, 5) is 17.2. The molecule has 3 aromatic rings. The van der Waals surface area contributed by atoms with Crippen LogP contribution < -0.4 is 14.8 Å². The van der Waals surface area contributed by atoms with Gasteiger partial charge in [-0.1, -0.05) is 36.6 Å². The fourth-order valence-electron chi connectivity index (χ4n) is 3.61. The van der Waals surface area contributed by atoms with E-state index in [2.05, 4.69) is 15.0 Å². The van der Waals surface area contributed by atoms with Crippen LogP contribution in [0.4, 0.5) is 5.13 Å². The summed E-state index contributed by atoms with van der Waals surface area (Å²) in [7, 11) is -2.43. The third-order valence-corrected chi connectivity index (χ3v) is 7.81. The number of hydrogen-bond acceptors (Lipinski definition) is 6. The number of benzene rings is 2. The summed E-state index contributed by atoms with van der Waals surface area (Å²) in [5.41, 5.74) is 1.78. The van der Waals surface area contributed by atoms with Gasteiger partial charge in [-0.2, -0.15) is 0 Å². The first-order valence-electron chi connectivity index (χ1n) is 10.1. The van der Waals surface area contributed by atoms with E-state index in [0.717, 1.165) is 31.2 Å². The van der Waals surface area contributed by atoms with Crippen LogP contribution in [0.1, 0.15) is 36.0 Å². The molecule has 1 aliphatic carbocycles. The van der Waals surface area contributed by atoms with Gasteiger partial charge in [-0.05, 0) is 43.2 Å². The van der Waals surface area contributed by atoms with Gasteiger partial charge < -0.3 is 4.74 Å². The first kappa shape index (κ1) is 22.7. The first-order chi connectivity index (χ1) is 15.4. The number of sulfonamides is 1. The molecule has 0 saturated heterocycles. The maximum absolute atomic E-state index is 12.9. The number of halogens is 1. The highest BCUT2D eigenvalue weighted by molar-refractivity contribution is 7.89. The number of aromatic nitrogens is 1. The topological polar surface area (TPSA) is 97.4 Å². The van der Waals surface area contributed by atoms with Gasteiger partial charge in [0.05, 0.1) is 12.8 Å². The zero-order chi connectivity index (χ0) is 22.7. The lowest BCUT2D eigenvalue weighted by atomic mass is 10.2. The highest BCUT2D eigenvalue weighted by Gasteiger charge is 2.26. The average Bonchev–Trinajstić information content (AvgIpc) is 3.45. The standard InChI is InChI=1S/C22H22ClN3O4S2/c1-30-19-11-8-15(12-20(19)32(28,29)26-17-4-2-3-5-17)21(27)25-22-24-18(13-31-22)14-6-9-16(23)10-7-14/h6-13,17,26H,2-5H2,1H3,(H,24,25,27). The van der Waals surface area contributed by atoms with Crippen LogP contribution in [-0.2, 0) is 10.0 Å². The molecular formula is C22H22ClN3O4S2. The van der Waals surface area contributed by atoms with Gasteiger partial charge in [0.25, 0.3) is 5.91 Å². The second kappa shape index (κ2) is 9.58. The Morgan fingerprint density at radius 1 is 1.16 bits per heavy atom. The van der Waals surface area contributed by atoms with Crippen LogP contribution in [0.2, 0.25) is 5.02 Å². The second-order valence-electron chi connectivity index (χ2n) is 7.47. The highest BCUT2D eigenvalue weighted by Crippen LogP contribution is 2.29. The number of methoxy groups -OCH3 is 1. The van der Waals surface area contributed by atoms with E-state index in [1.165, 1.54) is 36.6 Å². The number of amides is 1. The van der Waals surface area contributed by atoms with Crippen molar-refractivity contribution in [3.63, 3.8) is 0 Å². The van der Waals surface area contributed by atoms with Gasteiger partial charge in [0.2, 0.25) is 10.0 Å². The number of nitrogens with one attached hydrogen (secondary N) is 2. The minimum atomic E-state index is -3.83. The maximum Gasteiger partial charge on any atom is 0.257 e. The van der Waals surface area contributed by atoms with Crippen molar-refractivity contribution in [2.45, 2.75) is 36.6 Å². The number of thiazole rings is 1. The lowest BCUT2D eigenvalue weighted by molar-refractivity contribution is 0.102. The summed E-state index contributed by atoms with van der Waals surface area (Å²) in [6, 6.07) is 11.5. The van der Waals surface area contributed by atoms with Crippen molar-refractivity contribution in [2.75, 3.05) is 12.4 Å². The molecule has 0 atom stereocenters. The van der Waals surface area contributed by atoms with Crippen LogP contribution in [0.3, 0.4) is 0 Å². The van der Waals surface area contributed by atoms with E-state index in [4.69, 9.17) is 16.3 Å². The Labute approximate surface area is 195 Å². The summed E-state index contributed by atoms with van der Waals surface area (Å²) >= 11 is 7.20. The summed E-state index contributed by atoms with van der Waals surface area (Å²) in [6.07, 6.45) is 3.61. The van der Waals surface area contributed by atoms with E-state index in [1.54, 1.807) is 12.1 Å². The maximum atomic E-state index is 12.9. The zero-order valence-corrected chi connectivity index (χ0v) is 19.7. The van der Waals surface area contributed by atoms with Crippen LogP contribution in [0.5, 0.6) is 5.75 Å². The Morgan fingerprint density at radius 2 is 1.88 bits per heavy atom. The van der Waals surface area contributed by atoms with Gasteiger partial charge in [-0.3, -0.25) is 10.1 Å². The monoisotopic (exact) mass is 491 g/mol. The Hall–Kier alpha value is -2.46. The van der Waals surface area contributed by atoms with Crippen LogP contribution in [0.25, 0.3) is 11.3 Å². The molecule has 1 aromatic heterocycles. The molecule has 0 spiro atoms. The lowest BCUT2D eigenvalue weighted by Gasteiger charge is -2.15. The normalized spacial score (nSPS) is 14.4. The molecule has 4 rings (SSSR count). The number of rotatable bonds is 7. The fraction of sp³-hybridized carbons (Fsp3) is 0.273. The molecule has 168 valence electrons. The molecule has 10 heteroatoms. The van der Waals surface area contributed by atoms with E-state index >= 15 is 0 Å². The minimum absolute atomic E-state index is 0.0551. The second-order valence-corrected chi connectivity index (χ2v) is 10.4. The van der Waals surface area contributed by atoms with Crippen LogP contribution in [-0.4, -0.2) is 32.5 Å². The number of carbonyl (C=O) groups excluding carboxylic acids is 1. The van der Waals surface area contributed by atoms with Crippen LogP contribution in [0, 0.1) is 0 Å². The summed E-state index contributed by atoms with van der Waals surface area (Å²) < 4.78 is 33.9. The van der Waals surface area contributed by atoms with E-state index in [-0.39, 0.29) is 22.3 Å². The van der Waals surface area contributed by atoms with Crippen LogP contribution in [0.15, 0.2) is 52.7 Å². The minimum Gasteiger partial charge on any atom is -0.495 e. The van der Waals surface area contributed by atoms with Crippen LogP contribution >= 0.6 is 22.9 Å². The number of hydrogen-bond donors (Lipinski definition) is 2. The first-order valence-corrected chi connectivity index (χ1v) is 12.8. The zero-order valence-electron chi connectivity index (χ0n) is 17.3. The molecule has 2 aromatic carbocycles. The summed E-state index contributed by atoms with van der Waals surface area (Å²) in [5.74, 6) is -0.270. The number of nitrogens with zero attached hydrogens (tertiary/aromatic N) is 1. The lowest BCUT2D eigenvalue weighted by Crippen LogP contribution is -2.33. The molecule has 0 radical (unpaired) electrons. The molecule has 0 unspecified atom stereocenters. The Bertz CT molecular complexity index is 1220. The molecule has 1 fully saturated rings.